The zero-order valence-corrected chi connectivity index (χ0v) is 8.38. The predicted molar refractivity (Wildman–Crippen MR) is 50.5 cm³/mol. The number of carbonyl (C=O) groups excluding carboxylic acids is 1. The lowest BCUT2D eigenvalue weighted by Gasteiger charge is -2.23. The summed E-state index contributed by atoms with van der Waals surface area (Å²) in [7, 11) is 3.48. The van der Waals surface area contributed by atoms with Gasteiger partial charge in [0.1, 0.15) is 6.61 Å². The molecule has 1 aliphatic heterocycles. The highest BCUT2D eigenvalue weighted by Gasteiger charge is 2.14. The molecule has 1 atom stereocenters. The van der Waals surface area contributed by atoms with E-state index in [0.717, 1.165) is 25.9 Å². The maximum Gasteiger partial charge on any atom is 0.248 e. The van der Waals surface area contributed by atoms with Crippen LogP contribution in [0.4, 0.5) is 0 Å². The molecule has 0 aromatic carbocycles. The molecule has 1 saturated heterocycles. The van der Waals surface area contributed by atoms with E-state index in [0.29, 0.717) is 0 Å². The number of hydrogen-bond donors (Lipinski definition) is 1. The van der Waals surface area contributed by atoms with Crippen LogP contribution < -0.4 is 5.32 Å². The molecule has 0 aromatic rings. The number of nitrogens with one attached hydrogen (secondary N) is 1. The van der Waals surface area contributed by atoms with E-state index >= 15 is 0 Å². The zero-order chi connectivity index (χ0) is 9.68. The summed E-state index contributed by atoms with van der Waals surface area (Å²) in [6.45, 7) is 2.15. The van der Waals surface area contributed by atoms with Crippen molar-refractivity contribution in [3.8, 4) is 0 Å². The van der Waals surface area contributed by atoms with E-state index in [9.17, 15) is 4.79 Å². The van der Waals surface area contributed by atoms with Crippen molar-refractivity contribution in [3.63, 3.8) is 0 Å². The second-order valence-corrected chi connectivity index (χ2v) is 3.57. The molecule has 13 heavy (non-hydrogen) atoms. The first-order chi connectivity index (χ1) is 6.20. The highest BCUT2D eigenvalue weighted by atomic mass is 16.5. The number of likely N-dealkylation sites (N-methyl/N-ethyl adjacent to an activating group) is 1. The van der Waals surface area contributed by atoms with Gasteiger partial charge in [0.15, 0.2) is 0 Å². The number of amides is 1. The average Bonchev–Trinajstić information content (AvgIpc) is 2.15. The molecule has 0 radical (unpaired) electrons. The number of hydrogen-bond acceptors (Lipinski definition) is 3. The second-order valence-electron chi connectivity index (χ2n) is 3.57. The van der Waals surface area contributed by atoms with Crippen molar-refractivity contribution in [1.82, 2.24) is 10.2 Å². The van der Waals surface area contributed by atoms with E-state index in [-0.39, 0.29) is 18.6 Å². The predicted octanol–water partition coefficient (Wildman–Crippen LogP) is -0.157. The normalized spacial score (nSPS) is 22.8. The van der Waals surface area contributed by atoms with Gasteiger partial charge in [-0.2, -0.15) is 0 Å². The molecule has 1 N–H and O–H groups in total. The van der Waals surface area contributed by atoms with Crippen LogP contribution in [-0.4, -0.2) is 50.7 Å². The lowest BCUT2D eigenvalue weighted by molar-refractivity contribution is -0.135. The largest absolute Gasteiger partial charge is 0.367 e. The molecular formula is C9H18N2O2. The Morgan fingerprint density at radius 1 is 1.62 bits per heavy atom. The minimum absolute atomic E-state index is 0.0329. The Hall–Kier alpha value is -0.610. The van der Waals surface area contributed by atoms with Gasteiger partial charge in [-0.1, -0.05) is 0 Å². The van der Waals surface area contributed by atoms with Gasteiger partial charge >= 0.3 is 0 Å². The molecule has 4 heteroatoms. The van der Waals surface area contributed by atoms with Crippen LogP contribution in [0.5, 0.6) is 0 Å². The fourth-order valence-corrected chi connectivity index (χ4v) is 1.28. The first kappa shape index (κ1) is 10.5. The molecule has 1 fully saturated rings. The minimum atomic E-state index is 0.0329. The monoisotopic (exact) mass is 186 g/mol. The Balaban J connectivity index is 2.13. The molecular weight excluding hydrogens is 168 g/mol. The number of ether oxygens (including phenoxy) is 1. The van der Waals surface area contributed by atoms with Gasteiger partial charge < -0.3 is 15.0 Å². The van der Waals surface area contributed by atoms with E-state index < -0.39 is 0 Å². The summed E-state index contributed by atoms with van der Waals surface area (Å²) < 4.78 is 5.45. The summed E-state index contributed by atoms with van der Waals surface area (Å²) in [4.78, 5) is 12.7. The van der Waals surface area contributed by atoms with Crippen LogP contribution in [0.2, 0.25) is 0 Å². The van der Waals surface area contributed by atoms with Crippen molar-refractivity contribution in [3.05, 3.63) is 0 Å². The fourth-order valence-electron chi connectivity index (χ4n) is 1.28. The number of nitrogens with zero attached hydrogens (tertiary/aromatic N) is 1. The third-order valence-electron chi connectivity index (χ3n) is 2.19. The van der Waals surface area contributed by atoms with Crippen LogP contribution in [0.15, 0.2) is 0 Å². The first-order valence-corrected chi connectivity index (χ1v) is 4.72. The molecule has 1 rings (SSSR count). The second kappa shape index (κ2) is 5.19. The summed E-state index contributed by atoms with van der Waals surface area (Å²) in [5.41, 5.74) is 0. The zero-order valence-electron chi connectivity index (χ0n) is 8.38. The summed E-state index contributed by atoms with van der Waals surface area (Å²) >= 11 is 0. The summed E-state index contributed by atoms with van der Waals surface area (Å²) in [6, 6.07) is 0. The molecule has 0 saturated carbocycles. The Labute approximate surface area is 79.2 Å². The van der Waals surface area contributed by atoms with E-state index in [1.165, 1.54) is 0 Å². The Kier molecular flexibility index (Phi) is 4.18. The van der Waals surface area contributed by atoms with Crippen molar-refractivity contribution in [1.29, 1.82) is 0 Å². The average molecular weight is 186 g/mol. The molecule has 0 aliphatic carbocycles. The SMILES string of the molecule is CN(C)C(=O)CO[C@@H]1CCCNC1. The lowest BCUT2D eigenvalue weighted by Crippen LogP contribution is -2.37. The Bertz CT molecular complexity index is 165. The maximum atomic E-state index is 11.2. The van der Waals surface area contributed by atoms with E-state index in [4.69, 9.17) is 4.74 Å². The van der Waals surface area contributed by atoms with Crippen LogP contribution >= 0.6 is 0 Å². The van der Waals surface area contributed by atoms with Gasteiger partial charge in [-0.3, -0.25) is 4.79 Å². The molecule has 1 heterocycles. The quantitative estimate of drug-likeness (QED) is 0.666. The van der Waals surface area contributed by atoms with Gasteiger partial charge in [-0.25, -0.2) is 0 Å². The molecule has 1 amide bonds. The molecule has 0 aromatic heterocycles. The molecule has 76 valence electrons. The van der Waals surface area contributed by atoms with Gasteiger partial charge in [0.05, 0.1) is 6.10 Å². The first-order valence-electron chi connectivity index (χ1n) is 4.72. The van der Waals surface area contributed by atoms with Crippen molar-refractivity contribution >= 4 is 5.91 Å². The van der Waals surface area contributed by atoms with E-state index in [1.807, 2.05) is 0 Å². The number of piperidine rings is 1. The fraction of sp³-hybridized carbons (Fsp3) is 0.889. The van der Waals surface area contributed by atoms with Gasteiger partial charge in [-0.15, -0.1) is 0 Å². The third-order valence-corrected chi connectivity index (χ3v) is 2.19. The standard InChI is InChI=1S/C9H18N2O2/c1-11(2)9(12)7-13-8-4-3-5-10-6-8/h8,10H,3-7H2,1-2H3/t8-/m1/s1. The van der Waals surface area contributed by atoms with Crippen molar-refractivity contribution in [2.45, 2.75) is 18.9 Å². The molecule has 0 spiro atoms. The minimum Gasteiger partial charge on any atom is -0.367 e. The third kappa shape index (κ3) is 3.74. The van der Waals surface area contributed by atoms with E-state index in [2.05, 4.69) is 5.32 Å². The highest BCUT2D eigenvalue weighted by Crippen LogP contribution is 2.05. The van der Waals surface area contributed by atoms with Crippen LogP contribution in [0, 0.1) is 0 Å². The Morgan fingerprint density at radius 3 is 2.92 bits per heavy atom. The maximum absolute atomic E-state index is 11.2. The van der Waals surface area contributed by atoms with Crippen molar-refractivity contribution in [2.24, 2.45) is 0 Å². The number of rotatable bonds is 3. The highest BCUT2D eigenvalue weighted by molar-refractivity contribution is 5.76. The van der Waals surface area contributed by atoms with E-state index in [1.54, 1.807) is 19.0 Å². The van der Waals surface area contributed by atoms with Crippen molar-refractivity contribution in [2.75, 3.05) is 33.8 Å². The topological polar surface area (TPSA) is 41.6 Å². The summed E-state index contributed by atoms with van der Waals surface area (Å²) in [6.07, 6.45) is 2.42. The molecule has 0 bridgehead atoms. The van der Waals surface area contributed by atoms with Gasteiger partial charge in [0, 0.05) is 20.6 Å². The number of carbonyl (C=O) groups is 1. The van der Waals surface area contributed by atoms with Crippen LogP contribution in [-0.2, 0) is 9.53 Å². The van der Waals surface area contributed by atoms with Crippen LogP contribution in [0.3, 0.4) is 0 Å². The van der Waals surface area contributed by atoms with Crippen molar-refractivity contribution < 1.29 is 9.53 Å². The molecule has 1 aliphatic rings. The summed E-state index contributed by atoms with van der Waals surface area (Å²) in [5.74, 6) is 0.0329. The molecule has 4 nitrogen and oxygen atoms in total. The van der Waals surface area contributed by atoms with Crippen LogP contribution in [0.1, 0.15) is 12.8 Å². The van der Waals surface area contributed by atoms with Crippen LogP contribution in [0.25, 0.3) is 0 Å². The molecule has 0 unspecified atom stereocenters. The Morgan fingerprint density at radius 2 is 2.38 bits per heavy atom. The van der Waals surface area contributed by atoms with Gasteiger partial charge in [0.2, 0.25) is 5.91 Å². The smallest absolute Gasteiger partial charge is 0.248 e. The van der Waals surface area contributed by atoms with Gasteiger partial charge in [0.25, 0.3) is 0 Å². The summed E-state index contributed by atoms with van der Waals surface area (Å²) in [5, 5.41) is 3.24. The lowest BCUT2D eigenvalue weighted by atomic mass is 10.1. The van der Waals surface area contributed by atoms with Gasteiger partial charge in [-0.05, 0) is 19.4 Å².